The maximum absolute atomic E-state index is 10.3. The van der Waals surface area contributed by atoms with E-state index < -0.39 is 5.43 Å². The molecule has 1 rings (SSSR count). The second kappa shape index (κ2) is 4.25. The van der Waals surface area contributed by atoms with E-state index in [-0.39, 0.29) is 10.9 Å². The van der Waals surface area contributed by atoms with Crippen LogP contribution in [0.25, 0.3) is 0 Å². The van der Waals surface area contributed by atoms with E-state index in [2.05, 4.69) is 9.72 Å². The molecule has 6 heteroatoms. The van der Waals surface area contributed by atoms with Gasteiger partial charge in [0.1, 0.15) is 3.70 Å². The van der Waals surface area contributed by atoms with Gasteiger partial charge >= 0.3 is 5.43 Å². The monoisotopic (exact) mass is 317 g/mol. The first-order valence-corrected chi connectivity index (χ1v) is 4.62. The molecule has 1 aromatic rings. The van der Waals surface area contributed by atoms with Gasteiger partial charge in [0.2, 0.25) is 0 Å². The fourth-order valence-corrected chi connectivity index (χ4v) is 1.40. The normalized spacial score (nSPS) is 9.58. The lowest BCUT2D eigenvalue weighted by atomic mass is 10.5. The molecule has 3 nitrogen and oxygen atoms in total. The SMILES string of the molecule is O=C(Cl)Oc1ccc(I)nc1Cl. The molecule has 0 saturated carbocycles. The number of ether oxygens (including phenoxy) is 1. The second-order valence-electron chi connectivity index (χ2n) is 1.76. The minimum Gasteiger partial charge on any atom is -0.411 e. The molecule has 0 N–H and O–H groups in total. The molecule has 0 radical (unpaired) electrons. The lowest BCUT2D eigenvalue weighted by Crippen LogP contribution is -1.97. The van der Waals surface area contributed by atoms with Crippen molar-refractivity contribution in [2.45, 2.75) is 0 Å². The zero-order chi connectivity index (χ0) is 9.14. The lowest BCUT2D eigenvalue weighted by Gasteiger charge is -2.00. The minimum atomic E-state index is -0.931. The van der Waals surface area contributed by atoms with E-state index >= 15 is 0 Å². The quantitative estimate of drug-likeness (QED) is 0.454. The summed E-state index contributed by atoms with van der Waals surface area (Å²) in [5.74, 6) is 0.164. The summed E-state index contributed by atoms with van der Waals surface area (Å²) in [6.07, 6.45) is 0. The van der Waals surface area contributed by atoms with Crippen LogP contribution < -0.4 is 4.74 Å². The van der Waals surface area contributed by atoms with Gasteiger partial charge in [0.15, 0.2) is 10.9 Å². The predicted octanol–water partition coefficient (Wildman–Crippen LogP) is 3.08. The molecule has 0 atom stereocenters. The van der Waals surface area contributed by atoms with Crippen LogP contribution in [0.4, 0.5) is 4.79 Å². The topological polar surface area (TPSA) is 39.2 Å². The first-order valence-electron chi connectivity index (χ1n) is 2.79. The van der Waals surface area contributed by atoms with Crippen LogP contribution >= 0.6 is 45.8 Å². The Morgan fingerprint density at radius 2 is 2.25 bits per heavy atom. The molecular formula is C6H2Cl2INO2. The van der Waals surface area contributed by atoms with Crippen molar-refractivity contribution in [3.8, 4) is 5.75 Å². The molecule has 0 fully saturated rings. The van der Waals surface area contributed by atoms with Gasteiger partial charge in [-0.25, -0.2) is 9.78 Å². The van der Waals surface area contributed by atoms with Crippen LogP contribution in [0.2, 0.25) is 5.15 Å². The first kappa shape index (κ1) is 10.0. The van der Waals surface area contributed by atoms with Crippen molar-refractivity contribution >= 4 is 51.2 Å². The summed E-state index contributed by atoms with van der Waals surface area (Å²) in [6, 6.07) is 3.18. The van der Waals surface area contributed by atoms with Crippen molar-refractivity contribution in [3.05, 3.63) is 21.0 Å². The number of aromatic nitrogens is 1. The summed E-state index contributed by atoms with van der Waals surface area (Å²) < 4.78 is 5.24. The minimum absolute atomic E-state index is 0.121. The van der Waals surface area contributed by atoms with Crippen molar-refractivity contribution in [3.63, 3.8) is 0 Å². The Labute approximate surface area is 92.2 Å². The Hall–Kier alpha value is -0.0700. The molecule has 12 heavy (non-hydrogen) atoms. The van der Waals surface area contributed by atoms with Gasteiger partial charge in [-0.05, 0) is 34.7 Å². The summed E-state index contributed by atoms with van der Waals surface area (Å²) >= 11 is 12.6. The molecule has 0 bridgehead atoms. The highest BCUT2D eigenvalue weighted by Gasteiger charge is 2.06. The van der Waals surface area contributed by atoms with Gasteiger partial charge in [-0.15, -0.1) is 0 Å². The van der Waals surface area contributed by atoms with E-state index in [1.807, 2.05) is 22.6 Å². The highest BCUT2D eigenvalue weighted by Crippen LogP contribution is 2.23. The average Bonchev–Trinajstić information content (AvgIpc) is 1.94. The zero-order valence-corrected chi connectivity index (χ0v) is 9.22. The molecule has 0 aliphatic carbocycles. The van der Waals surface area contributed by atoms with Gasteiger partial charge in [-0.2, -0.15) is 0 Å². The zero-order valence-electron chi connectivity index (χ0n) is 5.55. The van der Waals surface area contributed by atoms with Crippen molar-refractivity contribution in [1.29, 1.82) is 0 Å². The number of pyridine rings is 1. The summed E-state index contributed by atoms with van der Waals surface area (Å²) in [5, 5.41) is 0.121. The molecule has 0 saturated heterocycles. The number of carbonyl (C=O) groups excluding carboxylic acids is 1. The third-order valence-corrected chi connectivity index (χ3v) is 1.92. The van der Waals surface area contributed by atoms with Crippen molar-refractivity contribution < 1.29 is 9.53 Å². The highest BCUT2D eigenvalue weighted by molar-refractivity contribution is 14.1. The molecule has 0 aliphatic rings. The van der Waals surface area contributed by atoms with E-state index in [0.29, 0.717) is 3.70 Å². The second-order valence-corrected chi connectivity index (χ2v) is 3.53. The highest BCUT2D eigenvalue weighted by atomic mass is 127. The van der Waals surface area contributed by atoms with Crippen LogP contribution in [0.1, 0.15) is 0 Å². The fraction of sp³-hybridized carbons (Fsp3) is 0. The third kappa shape index (κ3) is 2.76. The molecule has 1 heterocycles. The molecule has 64 valence electrons. The molecule has 0 spiro atoms. The van der Waals surface area contributed by atoms with Crippen LogP contribution in [0.15, 0.2) is 12.1 Å². The van der Waals surface area contributed by atoms with E-state index in [1.54, 1.807) is 6.07 Å². The predicted molar refractivity (Wildman–Crippen MR) is 53.8 cm³/mol. The molecule has 1 aromatic heterocycles. The average molecular weight is 318 g/mol. The summed E-state index contributed by atoms with van der Waals surface area (Å²) in [7, 11) is 0. The first-order chi connectivity index (χ1) is 5.59. The van der Waals surface area contributed by atoms with Crippen molar-refractivity contribution in [2.75, 3.05) is 0 Å². The Balaban J connectivity index is 2.93. The molecule has 0 unspecified atom stereocenters. The van der Waals surface area contributed by atoms with Crippen LogP contribution in [0, 0.1) is 3.70 Å². The maximum Gasteiger partial charge on any atom is 0.409 e. The number of rotatable bonds is 1. The number of halogens is 3. The maximum atomic E-state index is 10.3. The fourth-order valence-electron chi connectivity index (χ4n) is 0.562. The third-order valence-electron chi connectivity index (χ3n) is 0.971. The van der Waals surface area contributed by atoms with Gasteiger partial charge in [-0.1, -0.05) is 11.6 Å². The van der Waals surface area contributed by atoms with Gasteiger partial charge in [0.05, 0.1) is 0 Å². The number of hydrogen-bond acceptors (Lipinski definition) is 3. The van der Waals surface area contributed by atoms with Gasteiger partial charge in [0, 0.05) is 11.6 Å². The van der Waals surface area contributed by atoms with Crippen LogP contribution in [-0.2, 0) is 0 Å². The smallest absolute Gasteiger partial charge is 0.409 e. The van der Waals surface area contributed by atoms with E-state index in [9.17, 15) is 4.79 Å². The summed E-state index contributed by atoms with van der Waals surface area (Å²) in [5.41, 5.74) is -0.931. The lowest BCUT2D eigenvalue weighted by molar-refractivity contribution is 0.225. The van der Waals surface area contributed by atoms with Gasteiger partial charge < -0.3 is 4.74 Å². The van der Waals surface area contributed by atoms with Crippen LogP contribution in [0.3, 0.4) is 0 Å². The van der Waals surface area contributed by atoms with Crippen LogP contribution in [-0.4, -0.2) is 10.4 Å². The van der Waals surface area contributed by atoms with E-state index in [4.69, 9.17) is 23.2 Å². The number of nitrogens with zero attached hydrogens (tertiary/aromatic N) is 1. The molecule has 0 aliphatic heterocycles. The van der Waals surface area contributed by atoms with Crippen LogP contribution in [0.5, 0.6) is 5.75 Å². The number of hydrogen-bond donors (Lipinski definition) is 0. The summed E-state index contributed by atoms with van der Waals surface area (Å²) in [4.78, 5) is 14.1. The van der Waals surface area contributed by atoms with Crippen molar-refractivity contribution in [1.82, 2.24) is 4.98 Å². The Kier molecular flexibility index (Phi) is 3.54. The Morgan fingerprint density at radius 3 is 2.75 bits per heavy atom. The number of carbonyl (C=O) groups is 1. The van der Waals surface area contributed by atoms with Gasteiger partial charge in [0.25, 0.3) is 0 Å². The van der Waals surface area contributed by atoms with Crippen molar-refractivity contribution in [2.24, 2.45) is 0 Å². The molecule has 0 aromatic carbocycles. The van der Waals surface area contributed by atoms with E-state index in [1.165, 1.54) is 6.07 Å². The molecular weight excluding hydrogens is 316 g/mol. The largest absolute Gasteiger partial charge is 0.411 e. The molecule has 0 amide bonds. The Bertz CT molecular complexity index is 318. The Morgan fingerprint density at radius 1 is 1.58 bits per heavy atom. The van der Waals surface area contributed by atoms with E-state index in [0.717, 1.165) is 0 Å². The summed E-state index contributed by atoms with van der Waals surface area (Å²) in [6.45, 7) is 0. The van der Waals surface area contributed by atoms with Gasteiger partial charge in [-0.3, -0.25) is 0 Å². The standard InChI is InChI=1S/C6H2Cl2INO2/c7-5-3(12-6(8)11)1-2-4(9)10-5/h1-2H.